The Labute approximate surface area is 116 Å². The Balaban J connectivity index is 1.56. The van der Waals surface area contributed by atoms with Crippen LogP contribution in [-0.2, 0) is 4.79 Å². The van der Waals surface area contributed by atoms with Gasteiger partial charge in [0, 0.05) is 24.8 Å². The first kappa shape index (κ1) is 14.2. The predicted octanol–water partition coefficient (Wildman–Crippen LogP) is 2.17. The second-order valence-corrected chi connectivity index (χ2v) is 6.39. The predicted molar refractivity (Wildman–Crippen MR) is 78.1 cm³/mol. The van der Waals surface area contributed by atoms with Gasteiger partial charge in [0.2, 0.25) is 5.91 Å². The van der Waals surface area contributed by atoms with E-state index >= 15 is 0 Å². The fourth-order valence-corrected chi connectivity index (χ4v) is 3.32. The van der Waals surface area contributed by atoms with Crippen molar-refractivity contribution in [3.63, 3.8) is 0 Å². The Kier molecular flexibility index (Phi) is 5.83. The molecule has 0 aromatic rings. The fraction of sp³-hybridized carbons (Fsp3) is 0.929. The van der Waals surface area contributed by atoms with Crippen molar-refractivity contribution in [2.75, 3.05) is 32.7 Å². The summed E-state index contributed by atoms with van der Waals surface area (Å²) in [5, 5.41) is 0.267. The summed E-state index contributed by atoms with van der Waals surface area (Å²) < 4.78 is 0. The van der Waals surface area contributed by atoms with Crippen molar-refractivity contribution in [1.82, 2.24) is 9.80 Å². The number of rotatable bonds is 5. The molecule has 104 valence electrons. The molecule has 1 unspecified atom stereocenters. The molecule has 0 bridgehead atoms. The van der Waals surface area contributed by atoms with E-state index in [9.17, 15) is 4.79 Å². The Hall–Kier alpha value is -0.220. The van der Waals surface area contributed by atoms with Crippen LogP contribution >= 0.6 is 12.6 Å². The van der Waals surface area contributed by atoms with E-state index in [1.54, 1.807) is 0 Å². The monoisotopic (exact) mass is 270 g/mol. The molecule has 2 rings (SSSR count). The maximum absolute atomic E-state index is 11.6. The minimum Gasteiger partial charge on any atom is -0.342 e. The molecule has 3 nitrogen and oxygen atoms in total. The molecule has 0 aromatic carbocycles. The first-order valence-electron chi connectivity index (χ1n) is 7.44. The summed E-state index contributed by atoms with van der Waals surface area (Å²) in [6.45, 7) is 5.56. The highest BCUT2D eigenvalue weighted by Crippen LogP contribution is 2.16. The van der Waals surface area contributed by atoms with Crippen LogP contribution in [0, 0.1) is 0 Å². The summed E-state index contributed by atoms with van der Waals surface area (Å²) in [5.41, 5.74) is 0. The molecule has 4 heteroatoms. The fourth-order valence-electron chi connectivity index (χ4n) is 2.97. The van der Waals surface area contributed by atoms with Crippen molar-refractivity contribution in [3.05, 3.63) is 0 Å². The third-order valence-electron chi connectivity index (χ3n) is 4.05. The van der Waals surface area contributed by atoms with Crippen LogP contribution in [0.2, 0.25) is 0 Å². The second kappa shape index (κ2) is 7.39. The Bertz CT molecular complexity index is 265. The molecule has 0 N–H and O–H groups in total. The minimum atomic E-state index is 0.267. The van der Waals surface area contributed by atoms with Gasteiger partial charge in [0.25, 0.3) is 0 Å². The third-order valence-corrected chi connectivity index (χ3v) is 4.39. The zero-order valence-corrected chi connectivity index (χ0v) is 12.2. The Morgan fingerprint density at radius 1 is 1.06 bits per heavy atom. The molecule has 2 fully saturated rings. The number of hydrogen-bond donors (Lipinski definition) is 1. The SMILES string of the molecule is O=C1CC(S)CN1CCCCN1CCCCCC1. The minimum absolute atomic E-state index is 0.267. The van der Waals surface area contributed by atoms with E-state index in [0.29, 0.717) is 12.3 Å². The van der Waals surface area contributed by atoms with Crippen molar-refractivity contribution in [2.24, 2.45) is 0 Å². The van der Waals surface area contributed by atoms with E-state index in [1.807, 2.05) is 4.90 Å². The number of hydrogen-bond acceptors (Lipinski definition) is 3. The lowest BCUT2D eigenvalue weighted by Crippen LogP contribution is -2.29. The normalized spacial score (nSPS) is 26.6. The topological polar surface area (TPSA) is 23.6 Å². The van der Waals surface area contributed by atoms with Crippen molar-refractivity contribution in [3.8, 4) is 0 Å². The summed E-state index contributed by atoms with van der Waals surface area (Å²) in [6, 6.07) is 0. The first-order valence-corrected chi connectivity index (χ1v) is 7.95. The number of carbonyl (C=O) groups is 1. The van der Waals surface area contributed by atoms with Crippen molar-refractivity contribution in [1.29, 1.82) is 0 Å². The smallest absolute Gasteiger partial charge is 0.223 e. The van der Waals surface area contributed by atoms with Crippen LogP contribution in [0.25, 0.3) is 0 Å². The highest BCUT2D eigenvalue weighted by Gasteiger charge is 2.26. The lowest BCUT2D eigenvalue weighted by molar-refractivity contribution is -0.127. The molecule has 0 spiro atoms. The average molecular weight is 270 g/mol. The number of carbonyl (C=O) groups excluding carboxylic acids is 1. The molecule has 2 saturated heterocycles. The van der Waals surface area contributed by atoms with Crippen LogP contribution in [0.5, 0.6) is 0 Å². The van der Waals surface area contributed by atoms with Gasteiger partial charge < -0.3 is 9.80 Å². The summed E-state index contributed by atoms with van der Waals surface area (Å²) in [7, 11) is 0. The van der Waals surface area contributed by atoms with Crippen LogP contribution in [0.3, 0.4) is 0 Å². The number of nitrogens with zero attached hydrogens (tertiary/aromatic N) is 2. The van der Waals surface area contributed by atoms with Crippen LogP contribution in [0.1, 0.15) is 44.9 Å². The van der Waals surface area contributed by atoms with E-state index in [0.717, 1.165) is 19.5 Å². The summed E-state index contributed by atoms with van der Waals surface area (Å²) in [4.78, 5) is 16.2. The number of likely N-dealkylation sites (tertiary alicyclic amines) is 2. The number of amides is 1. The first-order chi connectivity index (χ1) is 8.75. The average Bonchev–Trinajstić information content (AvgIpc) is 2.57. The van der Waals surface area contributed by atoms with Gasteiger partial charge in [0.05, 0.1) is 0 Å². The lowest BCUT2D eigenvalue weighted by Gasteiger charge is -2.21. The Morgan fingerprint density at radius 2 is 1.72 bits per heavy atom. The van der Waals surface area contributed by atoms with E-state index in [4.69, 9.17) is 0 Å². The van der Waals surface area contributed by atoms with Crippen LogP contribution in [-0.4, -0.2) is 53.7 Å². The van der Waals surface area contributed by atoms with Gasteiger partial charge in [-0.25, -0.2) is 0 Å². The highest BCUT2D eigenvalue weighted by atomic mass is 32.1. The molecule has 1 atom stereocenters. The Morgan fingerprint density at radius 3 is 2.33 bits per heavy atom. The lowest BCUT2D eigenvalue weighted by atomic mass is 10.2. The van der Waals surface area contributed by atoms with Crippen molar-refractivity contribution in [2.45, 2.75) is 50.2 Å². The van der Waals surface area contributed by atoms with E-state index in [-0.39, 0.29) is 5.25 Å². The zero-order chi connectivity index (χ0) is 12.8. The molecular weight excluding hydrogens is 244 g/mol. The molecule has 2 heterocycles. The molecule has 0 aliphatic carbocycles. The molecule has 0 saturated carbocycles. The van der Waals surface area contributed by atoms with Crippen LogP contribution < -0.4 is 0 Å². The van der Waals surface area contributed by atoms with Crippen LogP contribution in [0.15, 0.2) is 0 Å². The standard InChI is InChI=1S/C14H26N2OS/c17-14-11-13(18)12-16(14)10-6-5-9-15-7-3-1-2-4-8-15/h13,18H,1-12H2. The van der Waals surface area contributed by atoms with Gasteiger partial charge in [-0.1, -0.05) is 12.8 Å². The molecule has 1 amide bonds. The quantitative estimate of drug-likeness (QED) is 0.611. The molecule has 2 aliphatic rings. The molecule has 0 aromatic heterocycles. The van der Waals surface area contributed by atoms with E-state index in [2.05, 4.69) is 17.5 Å². The van der Waals surface area contributed by atoms with E-state index in [1.165, 1.54) is 51.7 Å². The van der Waals surface area contributed by atoms with Gasteiger partial charge in [-0.15, -0.1) is 0 Å². The second-order valence-electron chi connectivity index (χ2n) is 5.66. The zero-order valence-electron chi connectivity index (χ0n) is 11.3. The van der Waals surface area contributed by atoms with Crippen molar-refractivity contribution >= 4 is 18.5 Å². The molecule has 2 aliphatic heterocycles. The van der Waals surface area contributed by atoms with Gasteiger partial charge in [0.1, 0.15) is 0 Å². The largest absolute Gasteiger partial charge is 0.342 e. The van der Waals surface area contributed by atoms with Gasteiger partial charge in [-0.3, -0.25) is 4.79 Å². The molecule has 0 radical (unpaired) electrons. The van der Waals surface area contributed by atoms with Gasteiger partial charge in [0.15, 0.2) is 0 Å². The number of unbranched alkanes of at least 4 members (excludes halogenated alkanes) is 1. The number of thiol groups is 1. The molecular formula is C14H26N2OS. The van der Waals surface area contributed by atoms with Gasteiger partial charge >= 0.3 is 0 Å². The van der Waals surface area contributed by atoms with Gasteiger partial charge in [-0.05, 0) is 45.3 Å². The molecule has 18 heavy (non-hydrogen) atoms. The maximum Gasteiger partial charge on any atom is 0.223 e. The van der Waals surface area contributed by atoms with Crippen molar-refractivity contribution < 1.29 is 4.79 Å². The third kappa shape index (κ3) is 4.47. The summed E-state index contributed by atoms with van der Waals surface area (Å²) in [5.74, 6) is 0.296. The highest BCUT2D eigenvalue weighted by molar-refractivity contribution is 7.81. The summed E-state index contributed by atoms with van der Waals surface area (Å²) in [6.07, 6.45) is 8.54. The summed E-state index contributed by atoms with van der Waals surface area (Å²) >= 11 is 4.38. The van der Waals surface area contributed by atoms with Crippen LogP contribution in [0.4, 0.5) is 0 Å². The van der Waals surface area contributed by atoms with Gasteiger partial charge in [-0.2, -0.15) is 12.6 Å². The maximum atomic E-state index is 11.6. The van der Waals surface area contributed by atoms with E-state index < -0.39 is 0 Å².